The van der Waals surface area contributed by atoms with E-state index in [1.807, 2.05) is 35.7 Å². The van der Waals surface area contributed by atoms with E-state index in [0.29, 0.717) is 30.0 Å². The second kappa shape index (κ2) is 10.1. The topological polar surface area (TPSA) is 139 Å². The maximum Gasteiger partial charge on any atom is 0.469 e. The van der Waals surface area contributed by atoms with Crippen LogP contribution >= 0.6 is 19.2 Å². The predicted octanol–water partition coefficient (Wildman–Crippen LogP) is 3.34. The number of allylic oxidation sites excluding steroid dienone is 1. The molecule has 9 nitrogen and oxygen atoms in total. The summed E-state index contributed by atoms with van der Waals surface area (Å²) in [4.78, 5) is 39.1. The molecule has 0 spiro atoms. The third-order valence-corrected chi connectivity index (χ3v) is 6.09. The van der Waals surface area contributed by atoms with Gasteiger partial charge >= 0.3 is 7.82 Å². The van der Waals surface area contributed by atoms with Gasteiger partial charge in [-0.1, -0.05) is 24.3 Å². The number of hydrogen-bond donors (Lipinski definition) is 3. The Labute approximate surface area is 183 Å². The number of carbonyl (C=O) groups is 1. The van der Waals surface area contributed by atoms with Crippen LogP contribution in [-0.2, 0) is 26.8 Å². The maximum atomic E-state index is 11.9. The van der Waals surface area contributed by atoms with Crippen LogP contribution in [0.5, 0.6) is 0 Å². The summed E-state index contributed by atoms with van der Waals surface area (Å²) in [5, 5.41) is 3.08. The van der Waals surface area contributed by atoms with Gasteiger partial charge in [0.15, 0.2) is 0 Å². The van der Waals surface area contributed by atoms with E-state index in [9.17, 15) is 9.36 Å². The zero-order valence-corrected chi connectivity index (χ0v) is 18.6. The molecule has 1 aromatic carbocycles. The minimum Gasteiger partial charge on any atom is -0.383 e. The van der Waals surface area contributed by atoms with Crippen molar-refractivity contribution in [1.82, 2.24) is 9.97 Å². The summed E-state index contributed by atoms with van der Waals surface area (Å²) in [5.74, 6) is 0.927. The fourth-order valence-corrected chi connectivity index (χ4v) is 4.50. The van der Waals surface area contributed by atoms with Crippen LogP contribution in [-0.4, -0.2) is 32.8 Å². The molecule has 2 aromatic heterocycles. The van der Waals surface area contributed by atoms with Crippen molar-refractivity contribution in [1.29, 1.82) is 0 Å². The number of thiophene rings is 1. The third kappa shape index (κ3) is 6.19. The fourth-order valence-electron chi connectivity index (χ4n) is 3.04. The molecule has 0 bridgehead atoms. The first kappa shape index (κ1) is 23.1. The number of benzene rings is 1. The number of anilines is 2. The van der Waals surface area contributed by atoms with Crippen molar-refractivity contribution in [2.24, 2.45) is 0 Å². The van der Waals surface area contributed by atoms with Crippen molar-refractivity contribution in [2.45, 2.75) is 26.3 Å². The first-order chi connectivity index (χ1) is 14.8. The molecule has 164 valence electrons. The van der Waals surface area contributed by atoms with Crippen LogP contribution in [0.2, 0.25) is 0 Å². The summed E-state index contributed by atoms with van der Waals surface area (Å²) < 4.78 is 16.1. The number of nitrogens with zero attached hydrogens (tertiary/aromatic N) is 3. The first-order valence-electron chi connectivity index (χ1n) is 9.42. The van der Waals surface area contributed by atoms with Gasteiger partial charge in [-0.05, 0) is 42.2 Å². The second-order valence-corrected chi connectivity index (χ2v) is 8.88. The average molecular weight is 462 g/mol. The van der Waals surface area contributed by atoms with Gasteiger partial charge in [0.2, 0.25) is 6.41 Å². The van der Waals surface area contributed by atoms with Gasteiger partial charge in [0, 0.05) is 11.8 Å². The molecule has 3 rings (SSSR count). The third-order valence-electron chi connectivity index (χ3n) is 4.50. The SMILES string of the molecule is Cc1ncc(CN(C=O)c2cccc3c(CC=CCCOP(=O)(O)O)csc23)c(N)n1. The Balaban J connectivity index is 1.74. The molecule has 0 radical (unpaired) electrons. The molecule has 0 aliphatic heterocycles. The number of phosphoric acid groups is 1. The van der Waals surface area contributed by atoms with Crippen molar-refractivity contribution < 1.29 is 23.7 Å². The summed E-state index contributed by atoms with van der Waals surface area (Å²) in [7, 11) is -4.43. The van der Waals surface area contributed by atoms with Crippen LogP contribution in [0.25, 0.3) is 10.1 Å². The van der Waals surface area contributed by atoms with E-state index < -0.39 is 7.82 Å². The van der Waals surface area contributed by atoms with E-state index in [-0.39, 0.29) is 13.2 Å². The van der Waals surface area contributed by atoms with Crippen LogP contribution in [0, 0.1) is 6.92 Å². The molecular formula is C20H23N4O5PS. The summed E-state index contributed by atoms with van der Waals surface area (Å²) in [6.07, 6.45) is 7.21. The minimum atomic E-state index is -4.43. The standard InChI is InChI=1S/C20H23N4O5PS/c1-14-22-10-16(20(21)23-14)11-24(13-25)18-8-5-7-17-15(12-31-19(17)18)6-3-2-4-9-29-30(26,27)28/h2-3,5,7-8,10,12-13H,4,6,9,11H2,1H3,(H2,21,22,23)(H2,26,27,28). The second-order valence-electron chi connectivity index (χ2n) is 6.76. The van der Waals surface area contributed by atoms with Gasteiger partial charge < -0.3 is 20.4 Å². The van der Waals surface area contributed by atoms with Gasteiger partial charge in [-0.25, -0.2) is 14.5 Å². The highest BCUT2D eigenvalue weighted by Gasteiger charge is 2.15. The van der Waals surface area contributed by atoms with Gasteiger partial charge in [0.05, 0.1) is 23.5 Å². The van der Waals surface area contributed by atoms with Crippen molar-refractivity contribution in [3.8, 4) is 0 Å². The first-order valence-corrected chi connectivity index (χ1v) is 11.8. The Hall–Kier alpha value is -2.62. The number of fused-ring (bicyclic) bond motifs is 1. The highest BCUT2D eigenvalue weighted by atomic mass is 32.1. The number of nitrogens with two attached hydrogens (primary N) is 1. The number of carbonyl (C=O) groups excluding carboxylic acids is 1. The number of amides is 1. The number of hydrogen-bond acceptors (Lipinski definition) is 7. The van der Waals surface area contributed by atoms with E-state index in [1.165, 1.54) is 0 Å². The van der Waals surface area contributed by atoms with Crippen molar-refractivity contribution >= 4 is 47.2 Å². The maximum absolute atomic E-state index is 11.9. The van der Waals surface area contributed by atoms with E-state index in [2.05, 4.69) is 14.5 Å². The number of phosphoric ester groups is 1. The molecule has 0 aliphatic carbocycles. The Bertz CT molecular complexity index is 1140. The summed E-state index contributed by atoms with van der Waals surface area (Å²) in [5.41, 5.74) is 8.53. The van der Waals surface area contributed by atoms with Crippen LogP contribution in [0.15, 0.2) is 41.9 Å². The van der Waals surface area contributed by atoms with Crippen molar-refractivity contribution in [2.75, 3.05) is 17.2 Å². The molecule has 0 aliphatic rings. The minimum absolute atomic E-state index is 0.0462. The highest BCUT2D eigenvalue weighted by molar-refractivity contribution is 7.46. The summed E-state index contributed by atoms with van der Waals surface area (Å²) in [6.45, 7) is 1.97. The van der Waals surface area contributed by atoms with Crippen LogP contribution in [0.3, 0.4) is 0 Å². The molecule has 3 aromatic rings. The van der Waals surface area contributed by atoms with Gasteiger partial charge in [-0.2, -0.15) is 0 Å². The molecule has 0 unspecified atom stereocenters. The van der Waals surface area contributed by atoms with E-state index in [0.717, 1.165) is 27.7 Å². The Morgan fingerprint density at radius 1 is 1.29 bits per heavy atom. The molecule has 4 N–H and O–H groups in total. The van der Waals surface area contributed by atoms with Crippen molar-refractivity contribution in [3.05, 3.63) is 58.9 Å². The zero-order valence-electron chi connectivity index (χ0n) is 16.8. The summed E-state index contributed by atoms with van der Waals surface area (Å²) in [6, 6.07) is 5.79. The van der Waals surface area contributed by atoms with E-state index >= 15 is 0 Å². The summed E-state index contributed by atoms with van der Waals surface area (Å²) >= 11 is 1.55. The molecule has 0 saturated carbocycles. The molecule has 0 saturated heterocycles. The Morgan fingerprint density at radius 2 is 2.10 bits per heavy atom. The highest BCUT2D eigenvalue weighted by Crippen LogP contribution is 2.36. The Morgan fingerprint density at radius 3 is 2.81 bits per heavy atom. The molecule has 1 amide bonds. The number of nitrogen functional groups attached to an aromatic ring is 1. The molecule has 11 heteroatoms. The number of aromatic nitrogens is 2. The van der Waals surface area contributed by atoms with Crippen LogP contribution in [0.4, 0.5) is 11.5 Å². The molecule has 2 heterocycles. The largest absolute Gasteiger partial charge is 0.469 e. The fraction of sp³-hybridized carbons (Fsp3) is 0.250. The van der Waals surface area contributed by atoms with E-state index in [4.69, 9.17) is 15.5 Å². The quantitative estimate of drug-likeness (QED) is 0.180. The van der Waals surface area contributed by atoms with Crippen molar-refractivity contribution in [3.63, 3.8) is 0 Å². The lowest BCUT2D eigenvalue weighted by Gasteiger charge is -2.19. The molecule has 0 fully saturated rings. The van der Waals surface area contributed by atoms with Crippen LogP contribution < -0.4 is 10.6 Å². The lowest BCUT2D eigenvalue weighted by Crippen LogP contribution is -2.21. The monoisotopic (exact) mass is 462 g/mol. The van der Waals surface area contributed by atoms with Gasteiger partial charge in [0.1, 0.15) is 11.6 Å². The molecular weight excluding hydrogens is 439 g/mol. The lowest BCUT2D eigenvalue weighted by atomic mass is 10.1. The molecule has 31 heavy (non-hydrogen) atoms. The predicted molar refractivity (Wildman–Crippen MR) is 121 cm³/mol. The smallest absolute Gasteiger partial charge is 0.383 e. The molecule has 0 atom stereocenters. The van der Waals surface area contributed by atoms with Gasteiger partial charge in [0.25, 0.3) is 0 Å². The zero-order chi connectivity index (χ0) is 22.4. The Kier molecular flexibility index (Phi) is 7.53. The lowest BCUT2D eigenvalue weighted by molar-refractivity contribution is -0.107. The number of rotatable bonds is 10. The average Bonchev–Trinajstić information content (AvgIpc) is 3.13. The van der Waals surface area contributed by atoms with Gasteiger partial charge in [-0.15, -0.1) is 11.3 Å². The van der Waals surface area contributed by atoms with Crippen LogP contribution in [0.1, 0.15) is 23.4 Å². The van der Waals surface area contributed by atoms with E-state index in [1.54, 1.807) is 29.4 Å². The van der Waals surface area contributed by atoms with Gasteiger partial charge in [-0.3, -0.25) is 9.32 Å². The number of aryl methyl sites for hydroxylation is 1. The normalized spacial score (nSPS) is 12.0.